The number of amides is 1. The Morgan fingerprint density at radius 2 is 2.39 bits per heavy atom. The fourth-order valence-electron chi connectivity index (χ4n) is 1.37. The van der Waals surface area contributed by atoms with Gasteiger partial charge in [0, 0.05) is 26.6 Å². The number of carbonyl (C=O) groups excluding carboxylic acids is 1. The van der Waals surface area contributed by atoms with Crippen molar-refractivity contribution in [3.8, 4) is 0 Å². The third kappa shape index (κ3) is 2.72. The van der Waals surface area contributed by atoms with E-state index in [4.69, 9.17) is 9.15 Å². The number of imidazole rings is 1. The third-order valence-corrected chi connectivity index (χ3v) is 2.21. The molecule has 0 saturated carbocycles. The minimum atomic E-state index is -0.360. The SMILES string of the molecule is COCc1nnc(C(=O)N(C)Cc2ncc[nH]2)o1. The van der Waals surface area contributed by atoms with Gasteiger partial charge in [-0.2, -0.15) is 0 Å². The van der Waals surface area contributed by atoms with Crippen molar-refractivity contribution >= 4 is 5.91 Å². The smallest absolute Gasteiger partial charge is 0.311 e. The Labute approximate surface area is 103 Å². The Bertz CT molecular complexity index is 507. The molecule has 8 heteroatoms. The number of aromatic amines is 1. The first-order chi connectivity index (χ1) is 8.70. The van der Waals surface area contributed by atoms with E-state index < -0.39 is 0 Å². The Morgan fingerprint density at radius 1 is 1.56 bits per heavy atom. The van der Waals surface area contributed by atoms with Crippen LogP contribution in [0.5, 0.6) is 0 Å². The fourth-order valence-corrected chi connectivity index (χ4v) is 1.37. The lowest BCUT2D eigenvalue weighted by Crippen LogP contribution is -2.27. The molecule has 2 aromatic rings. The van der Waals surface area contributed by atoms with Crippen LogP contribution in [0, 0.1) is 0 Å². The molecular formula is C10H13N5O3. The van der Waals surface area contributed by atoms with Gasteiger partial charge in [0.15, 0.2) is 0 Å². The van der Waals surface area contributed by atoms with Crippen molar-refractivity contribution in [3.63, 3.8) is 0 Å². The molecule has 1 N–H and O–H groups in total. The van der Waals surface area contributed by atoms with Gasteiger partial charge in [-0.3, -0.25) is 4.79 Å². The van der Waals surface area contributed by atoms with Gasteiger partial charge >= 0.3 is 11.8 Å². The van der Waals surface area contributed by atoms with E-state index in [1.54, 1.807) is 19.4 Å². The van der Waals surface area contributed by atoms with Gasteiger partial charge in [-0.05, 0) is 0 Å². The van der Waals surface area contributed by atoms with Crippen LogP contribution >= 0.6 is 0 Å². The molecule has 0 atom stereocenters. The zero-order chi connectivity index (χ0) is 13.0. The number of hydrogen-bond donors (Lipinski definition) is 1. The summed E-state index contributed by atoms with van der Waals surface area (Å²) in [5.74, 6) is 0.534. The van der Waals surface area contributed by atoms with Gasteiger partial charge < -0.3 is 19.0 Å². The quantitative estimate of drug-likeness (QED) is 0.815. The third-order valence-electron chi connectivity index (χ3n) is 2.21. The average molecular weight is 251 g/mol. The lowest BCUT2D eigenvalue weighted by molar-refractivity contribution is 0.0734. The zero-order valence-electron chi connectivity index (χ0n) is 10.1. The van der Waals surface area contributed by atoms with Gasteiger partial charge in [0.25, 0.3) is 0 Å². The molecule has 0 bridgehead atoms. The van der Waals surface area contributed by atoms with Crippen molar-refractivity contribution in [1.82, 2.24) is 25.1 Å². The number of ether oxygens (including phenoxy) is 1. The monoisotopic (exact) mass is 251 g/mol. The molecule has 18 heavy (non-hydrogen) atoms. The first-order valence-corrected chi connectivity index (χ1v) is 5.25. The summed E-state index contributed by atoms with van der Waals surface area (Å²) in [6.45, 7) is 0.524. The van der Waals surface area contributed by atoms with Crippen molar-refractivity contribution in [2.24, 2.45) is 0 Å². The van der Waals surface area contributed by atoms with Crippen LogP contribution in [0.25, 0.3) is 0 Å². The van der Waals surface area contributed by atoms with E-state index in [0.29, 0.717) is 12.4 Å². The van der Waals surface area contributed by atoms with Crippen LogP contribution in [-0.4, -0.2) is 45.1 Å². The summed E-state index contributed by atoms with van der Waals surface area (Å²) in [4.78, 5) is 20.3. The van der Waals surface area contributed by atoms with E-state index in [9.17, 15) is 4.79 Å². The summed E-state index contributed by atoms with van der Waals surface area (Å²) in [5.41, 5.74) is 0. The minimum Gasteiger partial charge on any atom is -0.414 e. The molecule has 2 aromatic heterocycles. The minimum absolute atomic E-state index is 0.0592. The highest BCUT2D eigenvalue weighted by molar-refractivity contribution is 5.89. The fraction of sp³-hybridized carbons (Fsp3) is 0.400. The maximum Gasteiger partial charge on any atom is 0.311 e. The molecule has 0 unspecified atom stereocenters. The van der Waals surface area contributed by atoms with Crippen LogP contribution in [0.15, 0.2) is 16.8 Å². The Balaban J connectivity index is 2.01. The van der Waals surface area contributed by atoms with Gasteiger partial charge in [0.1, 0.15) is 12.4 Å². The first kappa shape index (κ1) is 12.2. The van der Waals surface area contributed by atoms with E-state index >= 15 is 0 Å². The average Bonchev–Trinajstić information content (AvgIpc) is 3.00. The first-order valence-electron chi connectivity index (χ1n) is 5.25. The molecule has 8 nitrogen and oxygen atoms in total. The molecule has 0 aliphatic heterocycles. The second-order valence-electron chi connectivity index (χ2n) is 3.63. The maximum atomic E-state index is 11.9. The van der Waals surface area contributed by atoms with Gasteiger partial charge in [-0.25, -0.2) is 4.98 Å². The molecule has 0 spiro atoms. The molecule has 0 radical (unpaired) electrons. The number of carbonyl (C=O) groups is 1. The van der Waals surface area contributed by atoms with E-state index in [0.717, 1.165) is 0 Å². The molecule has 1 amide bonds. The van der Waals surface area contributed by atoms with E-state index in [2.05, 4.69) is 20.2 Å². The molecule has 2 heterocycles. The molecule has 0 saturated heterocycles. The van der Waals surface area contributed by atoms with E-state index in [-0.39, 0.29) is 24.3 Å². The molecule has 0 aliphatic carbocycles. The lowest BCUT2D eigenvalue weighted by atomic mass is 10.4. The summed E-state index contributed by atoms with van der Waals surface area (Å²) in [6, 6.07) is 0. The summed E-state index contributed by atoms with van der Waals surface area (Å²) >= 11 is 0. The van der Waals surface area contributed by atoms with Gasteiger partial charge in [0.05, 0.1) is 6.54 Å². The van der Waals surface area contributed by atoms with Crippen LogP contribution in [-0.2, 0) is 17.9 Å². The molecule has 0 aromatic carbocycles. The van der Waals surface area contributed by atoms with Crippen LogP contribution in [0.4, 0.5) is 0 Å². The molecular weight excluding hydrogens is 238 g/mol. The molecule has 96 valence electrons. The van der Waals surface area contributed by atoms with E-state index in [1.165, 1.54) is 12.0 Å². The van der Waals surface area contributed by atoms with Crippen LogP contribution in [0.2, 0.25) is 0 Å². The topological polar surface area (TPSA) is 97.1 Å². The number of H-pyrrole nitrogens is 1. The van der Waals surface area contributed by atoms with Gasteiger partial charge in [-0.1, -0.05) is 0 Å². The van der Waals surface area contributed by atoms with Crippen molar-refractivity contribution in [2.45, 2.75) is 13.2 Å². The highest BCUT2D eigenvalue weighted by atomic mass is 16.5. The number of nitrogens with one attached hydrogen (secondary N) is 1. The Morgan fingerprint density at radius 3 is 3.06 bits per heavy atom. The number of rotatable bonds is 5. The standard InChI is InChI=1S/C10H13N5O3/c1-15(5-7-11-3-4-12-7)10(16)9-14-13-8(18-9)6-17-2/h3-4H,5-6H2,1-2H3,(H,11,12). The zero-order valence-corrected chi connectivity index (χ0v) is 10.1. The van der Waals surface area contributed by atoms with Crippen molar-refractivity contribution in [3.05, 3.63) is 30.0 Å². The normalized spacial score (nSPS) is 10.6. The second-order valence-corrected chi connectivity index (χ2v) is 3.63. The Kier molecular flexibility index (Phi) is 3.68. The lowest BCUT2D eigenvalue weighted by Gasteiger charge is -2.12. The maximum absolute atomic E-state index is 11.9. The number of nitrogens with zero attached hydrogens (tertiary/aromatic N) is 4. The predicted octanol–water partition coefficient (Wildman–Crippen LogP) is 0.211. The summed E-state index contributed by atoms with van der Waals surface area (Å²) in [5, 5.41) is 7.36. The van der Waals surface area contributed by atoms with Crippen LogP contribution in [0.1, 0.15) is 22.4 Å². The van der Waals surface area contributed by atoms with Gasteiger partial charge in [0.2, 0.25) is 5.89 Å². The molecule has 0 fully saturated rings. The summed E-state index contributed by atoms with van der Waals surface area (Å²) in [7, 11) is 3.14. The van der Waals surface area contributed by atoms with Crippen molar-refractivity contribution in [1.29, 1.82) is 0 Å². The van der Waals surface area contributed by atoms with Crippen LogP contribution < -0.4 is 0 Å². The Hall–Kier alpha value is -2.22. The summed E-state index contributed by atoms with van der Waals surface area (Å²) in [6.07, 6.45) is 3.31. The highest BCUT2D eigenvalue weighted by Gasteiger charge is 2.19. The second kappa shape index (κ2) is 5.41. The van der Waals surface area contributed by atoms with Gasteiger partial charge in [-0.15, -0.1) is 10.2 Å². The largest absolute Gasteiger partial charge is 0.414 e. The van der Waals surface area contributed by atoms with Crippen molar-refractivity contribution in [2.75, 3.05) is 14.2 Å². The number of hydrogen-bond acceptors (Lipinski definition) is 6. The molecule has 0 aliphatic rings. The van der Waals surface area contributed by atoms with Crippen molar-refractivity contribution < 1.29 is 13.9 Å². The summed E-state index contributed by atoms with van der Waals surface area (Å²) < 4.78 is 9.99. The predicted molar refractivity (Wildman–Crippen MR) is 59.4 cm³/mol. The van der Waals surface area contributed by atoms with Crippen LogP contribution in [0.3, 0.4) is 0 Å². The number of aromatic nitrogens is 4. The van der Waals surface area contributed by atoms with E-state index in [1.807, 2.05) is 0 Å². The molecule has 2 rings (SSSR count). The number of methoxy groups -OCH3 is 1. The highest BCUT2D eigenvalue weighted by Crippen LogP contribution is 2.06.